The lowest BCUT2D eigenvalue weighted by molar-refractivity contribution is 0.319. The average Bonchev–Trinajstić information content (AvgIpc) is 2.43. The fourth-order valence-corrected chi connectivity index (χ4v) is 2.52. The molecule has 0 saturated carbocycles. The van der Waals surface area contributed by atoms with E-state index in [-0.39, 0.29) is 0 Å². The molecule has 21 heavy (non-hydrogen) atoms. The Kier molecular flexibility index (Phi) is 5.51. The molecule has 0 aliphatic carbocycles. The van der Waals surface area contributed by atoms with Crippen LogP contribution in [0.5, 0.6) is 5.75 Å². The van der Waals surface area contributed by atoms with Crippen LogP contribution >= 0.6 is 11.6 Å². The molecule has 112 valence electrons. The molecule has 0 atom stereocenters. The maximum Gasteiger partial charge on any atom is 0.142 e. The van der Waals surface area contributed by atoms with E-state index in [9.17, 15) is 0 Å². The number of rotatable bonds is 6. The molecule has 0 spiro atoms. The predicted octanol–water partition coefficient (Wildman–Crippen LogP) is 5.36. The Labute approximate surface area is 132 Å². The van der Waals surface area contributed by atoms with Crippen LogP contribution in [-0.4, -0.2) is 6.61 Å². The third-order valence-electron chi connectivity index (χ3n) is 3.17. The highest BCUT2D eigenvalue weighted by molar-refractivity contribution is 6.30. The van der Waals surface area contributed by atoms with Crippen LogP contribution in [0.1, 0.15) is 30.0 Å². The van der Waals surface area contributed by atoms with E-state index in [4.69, 9.17) is 16.3 Å². The molecule has 0 aliphatic heterocycles. The molecule has 0 aliphatic rings. The van der Waals surface area contributed by atoms with E-state index in [0.717, 1.165) is 24.4 Å². The standard InChI is InChI=1S/C18H22ClNO/c1-4-7-21-18-6-5-16(19)11-17(18)20-12-15-9-13(2)8-14(3)10-15/h5-6,8-11,20H,4,7,12H2,1-3H3. The van der Waals surface area contributed by atoms with Gasteiger partial charge in [0.2, 0.25) is 0 Å². The van der Waals surface area contributed by atoms with Crippen molar-refractivity contribution in [2.75, 3.05) is 11.9 Å². The van der Waals surface area contributed by atoms with Crippen LogP contribution < -0.4 is 10.1 Å². The van der Waals surface area contributed by atoms with Crippen LogP contribution in [0.3, 0.4) is 0 Å². The van der Waals surface area contributed by atoms with E-state index in [2.05, 4.69) is 44.3 Å². The summed E-state index contributed by atoms with van der Waals surface area (Å²) in [5.41, 5.74) is 4.75. The van der Waals surface area contributed by atoms with Crippen LogP contribution in [0, 0.1) is 13.8 Å². The van der Waals surface area contributed by atoms with Gasteiger partial charge in [0.05, 0.1) is 12.3 Å². The van der Waals surface area contributed by atoms with Gasteiger partial charge in [0, 0.05) is 11.6 Å². The van der Waals surface area contributed by atoms with E-state index in [1.807, 2.05) is 18.2 Å². The van der Waals surface area contributed by atoms with Crippen molar-refractivity contribution in [2.24, 2.45) is 0 Å². The highest BCUT2D eigenvalue weighted by atomic mass is 35.5. The fourth-order valence-electron chi connectivity index (χ4n) is 2.35. The summed E-state index contributed by atoms with van der Waals surface area (Å²) < 4.78 is 5.76. The Morgan fingerprint density at radius 3 is 2.43 bits per heavy atom. The molecule has 0 amide bonds. The summed E-state index contributed by atoms with van der Waals surface area (Å²) in [5, 5.41) is 4.13. The summed E-state index contributed by atoms with van der Waals surface area (Å²) in [6.07, 6.45) is 0.985. The normalized spacial score (nSPS) is 10.5. The number of halogens is 1. The first kappa shape index (κ1) is 15.7. The third-order valence-corrected chi connectivity index (χ3v) is 3.40. The van der Waals surface area contributed by atoms with Gasteiger partial charge in [0.15, 0.2) is 0 Å². The van der Waals surface area contributed by atoms with Crippen molar-refractivity contribution < 1.29 is 4.74 Å². The van der Waals surface area contributed by atoms with Crippen molar-refractivity contribution in [3.05, 3.63) is 58.1 Å². The second-order valence-electron chi connectivity index (χ2n) is 5.34. The number of hydrogen-bond acceptors (Lipinski definition) is 2. The highest BCUT2D eigenvalue weighted by Gasteiger charge is 2.05. The Hall–Kier alpha value is -1.67. The second-order valence-corrected chi connectivity index (χ2v) is 5.77. The van der Waals surface area contributed by atoms with E-state index in [0.29, 0.717) is 11.6 Å². The molecule has 0 unspecified atom stereocenters. The van der Waals surface area contributed by atoms with E-state index in [1.165, 1.54) is 16.7 Å². The Bertz CT molecular complexity index is 590. The molecular weight excluding hydrogens is 282 g/mol. The summed E-state index contributed by atoms with van der Waals surface area (Å²) in [7, 11) is 0. The molecule has 0 bridgehead atoms. The van der Waals surface area contributed by atoms with Gasteiger partial charge in [-0.25, -0.2) is 0 Å². The quantitative estimate of drug-likeness (QED) is 0.776. The maximum atomic E-state index is 6.09. The van der Waals surface area contributed by atoms with E-state index < -0.39 is 0 Å². The Morgan fingerprint density at radius 1 is 1.05 bits per heavy atom. The zero-order chi connectivity index (χ0) is 15.2. The number of benzene rings is 2. The molecule has 1 N–H and O–H groups in total. The number of aryl methyl sites for hydroxylation is 2. The first-order chi connectivity index (χ1) is 10.1. The fraction of sp³-hybridized carbons (Fsp3) is 0.333. The summed E-state index contributed by atoms with van der Waals surface area (Å²) in [4.78, 5) is 0. The molecule has 2 nitrogen and oxygen atoms in total. The number of nitrogens with one attached hydrogen (secondary N) is 1. The van der Waals surface area contributed by atoms with Crippen molar-refractivity contribution >= 4 is 17.3 Å². The van der Waals surface area contributed by atoms with Gasteiger partial charge in [-0.15, -0.1) is 0 Å². The largest absolute Gasteiger partial charge is 0.491 e. The summed E-state index contributed by atoms with van der Waals surface area (Å²) in [5.74, 6) is 0.852. The molecular formula is C18H22ClNO. The van der Waals surface area contributed by atoms with Crippen LogP contribution in [-0.2, 0) is 6.54 Å². The van der Waals surface area contributed by atoms with Crippen molar-refractivity contribution in [2.45, 2.75) is 33.7 Å². The highest BCUT2D eigenvalue weighted by Crippen LogP contribution is 2.28. The molecule has 0 heterocycles. The molecule has 0 saturated heterocycles. The van der Waals surface area contributed by atoms with Crippen molar-refractivity contribution in [1.29, 1.82) is 0 Å². The third kappa shape index (κ3) is 4.68. The molecule has 0 radical (unpaired) electrons. The second kappa shape index (κ2) is 7.37. The summed E-state index contributed by atoms with van der Waals surface area (Å²) in [6.45, 7) is 7.79. The van der Waals surface area contributed by atoms with Gasteiger partial charge in [-0.05, 0) is 44.0 Å². The molecule has 2 aromatic carbocycles. The predicted molar refractivity (Wildman–Crippen MR) is 90.5 cm³/mol. The molecule has 2 rings (SSSR count). The van der Waals surface area contributed by atoms with Crippen LogP contribution in [0.25, 0.3) is 0 Å². The van der Waals surface area contributed by atoms with Crippen LogP contribution in [0.2, 0.25) is 5.02 Å². The Morgan fingerprint density at radius 2 is 1.76 bits per heavy atom. The topological polar surface area (TPSA) is 21.3 Å². The van der Waals surface area contributed by atoms with Crippen molar-refractivity contribution in [3.63, 3.8) is 0 Å². The monoisotopic (exact) mass is 303 g/mol. The van der Waals surface area contributed by atoms with Crippen molar-refractivity contribution in [1.82, 2.24) is 0 Å². The van der Waals surface area contributed by atoms with Gasteiger partial charge in [-0.3, -0.25) is 0 Å². The number of anilines is 1. The lowest BCUT2D eigenvalue weighted by Crippen LogP contribution is -2.04. The van der Waals surface area contributed by atoms with E-state index in [1.54, 1.807) is 0 Å². The zero-order valence-corrected chi connectivity index (χ0v) is 13.6. The van der Waals surface area contributed by atoms with Gasteiger partial charge in [0.25, 0.3) is 0 Å². The van der Waals surface area contributed by atoms with Gasteiger partial charge in [0.1, 0.15) is 5.75 Å². The maximum absolute atomic E-state index is 6.09. The number of hydrogen-bond donors (Lipinski definition) is 1. The minimum absolute atomic E-state index is 0.708. The lowest BCUT2D eigenvalue weighted by Gasteiger charge is -2.14. The average molecular weight is 304 g/mol. The molecule has 3 heteroatoms. The first-order valence-corrected chi connectivity index (χ1v) is 7.69. The van der Waals surface area contributed by atoms with Crippen LogP contribution in [0.4, 0.5) is 5.69 Å². The summed E-state index contributed by atoms with van der Waals surface area (Å²) in [6, 6.07) is 12.2. The lowest BCUT2D eigenvalue weighted by atomic mass is 10.1. The van der Waals surface area contributed by atoms with Gasteiger partial charge >= 0.3 is 0 Å². The molecule has 0 aromatic heterocycles. The summed E-state index contributed by atoms with van der Waals surface area (Å²) >= 11 is 6.09. The molecule has 0 fully saturated rings. The zero-order valence-electron chi connectivity index (χ0n) is 12.9. The van der Waals surface area contributed by atoms with E-state index >= 15 is 0 Å². The van der Waals surface area contributed by atoms with Gasteiger partial charge in [-0.1, -0.05) is 47.9 Å². The smallest absolute Gasteiger partial charge is 0.142 e. The Balaban J connectivity index is 2.12. The van der Waals surface area contributed by atoms with Crippen molar-refractivity contribution in [3.8, 4) is 5.75 Å². The minimum atomic E-state index is 0.708. The van der Waals surface area contributed by atoms with Gasteiger partial charge in [-0.2, -0.15) is 0 Å². The minimum Gasteiger partial charge on any atom is -0.491 e. The van der Waals surface area contributed by atoms with Crippen LogP contribution in [0.15, 0.2) is 36.4 Å². The molecule has 2 aromatic rings. The number of ether oxygens (including phenoxy) is 1. The van der Waals surface area contributed by atoms with Gasteiger partial charge < -0.3 is 10.1 Å². The first-order valence-electron chi connectivity index (χ1n) is 7.32. The SMILES string of the molecule is CCCOc1ccc(Cl)cc1NCc1cc(C)cc(C)c1.